The van der Waals surface area contributed by atoms with Crippen LogP contribution in [-0.2, 0) is 0 Å². The summed E-state index contributed by atoms with van der Waals surface area (Å²) < 4.78 is 0. The fourth-order valence-electron chi connectivity index (χ4n) is 1.08. The Kier molecular flexibility index (Phi) is 3.85. The first-order chi connectivity index (χ1) is 6.13. The Balaban J connectivity index is 2.87. The zero-order chi connectivity index (χ0) is 9.84. The van der Waals surface area contributed by atoms with Crippen molar-refractivity contribution in [1.82, 2.24) is 0 Å². The third-order valence-corrected chi connectivity index (χ3v) is 2.19. The molecular weight excluding hydrogens is 207 g/mol. The first kappa shape index (κ1) is 10.6. The third kappa shape index (κ3) is 3.07. The maximum absolute atomic E-state index is 5.85. The Morgan fingerprint density at radius 2 is 1.77 bits per heavy atom. The van der Waals surface area contributed by atoms with Crippen LogP contribution in [0.15, 0.2) is 18.2 Å². The molecule has 0 amide bonds. The molecule has 0 bridgehead atoms. The highest BCUT2D eigenvalue weighted by molar-refractivity contribution is 6.35. The summed E-state index contributed by atoms with van der Waals surface area (Å²) in [5.41, 5.74) is 6.42. The lowest BCUT2D eigenvalue weighted by Gasteiger charge is -2.18. The summed E-state index contributed by atoms with van der Waals surface area (Å²) in [4.78, 5) is 2.01. The Morgan fingerprint density at radius 1 is 1.23 bits per heavy atom. The number of rotatable bonds is 3. The van der Waals surface area contributed by atoms with Gasteiger partial charge in [-0.15, -0.1) is 0 Å². The summed E-state index contributed by atoms with van der Waals surface area (Å²) in [5.74, 6) is 0. The van der Waals surface area contributed by atoms with Gasteiger partial charge in [0.2, 0.25) is 0 Å². The first-order valence-corrected chi connectivity index (χ1v) is 4.76. The molecule has 13 heavy (non-hydrogen) atoms. The zero-order valence-corrected chi connectivity index (χ0v) is 8.94. The largest absolute Gasteiger partial charge is 0.373 e. The van der Waals surface area contributed by atoms with Crippen LogP contribution in [-0.4, -0.2) is 20.1 Å². The van der Waals surface area contributed by atoms with E-state index in [4.69, 9.17) is 28.9 Å². The minimum Gasteiger partial charge on any atom is -0.373 e. The minimum atomic E-state index is 0.612. The number of likely N-dealkylation sites (N-methyl/N-ethyl adjacent to an activating group) is 1. The van der Waals surface area contributed by atoms with E-state index in [0.717, 1.165) is 12.2 Å². The Morgan fingerprint density at radius 3 is 2.23 bits per heavy atom. The van der Waals surface area contributed by atoms with E-state index in [0.29, 0.717) is 16.6 Å². The van der Waals surface area contributed by atoms with Crippen molar-refractivity contribution in [2.75, 3.05) is 25.0 Å². The van der Waals surface area contributed by atoms with Crippen molar-refractivity contribution in [3.05, 3.63) is 28.2 Å². The van der Waals surface area contributed by atoms with Crippen LogP contribution >= 0.6 is 23.2 Å². The van der Waals surface area contributed by atoms with Crippen LogP contribution in [0.2, 0.25) is 10.0 Å². The minimum absolute atomic E-state index is 0.612. The van der Waals surface area contributed by atoms with Crippen LogP contribution in [0.4, 0.5) is 5.69 Å². The van der Waals surface area contributed by atoms with Crippen LogP contribution < -0.4 is 10.6 Å². The summed E-state index contributed by atoms with van der Waals surface area (Å²) in [6.45, 7) is 1.40. The summed E-state index contributed by atoms with van der Waals surface area (Å²) >= 11 is 11.7. The maximum Gasteiger partial charge on any atom is 0.0441 e. The molecule has 0 aliphatic heterocycles. The van der Waals surface area contributed by atoms with Crippen molar-refractivity contribution in [3.8, 4) is 0 Å². The van der Waals surface area contributed by atoms with Gasteiger partial charge in [-0.25, -0.2) is 0 Å². The van der Waals surface area contributed by atoms with Gasteiger partial charge in [0.15, 0.2) is 0 Å². The molecule has 1 rings (SSSR count). The second kappa shape index (κ2) is 4.70. The molecule has 2 nitrogen and oxygen atoms in total. The highest BCUT2D eigenvalue weighted by Crippen LogP contribution is 2.24. The lowest BCUT2D eigenvalue weighted by atomic mass is 10.3. The van der Waals surface area contributed by atoms with Gasteiger partial charge in [-0.05, 0) is 18.2 Å². The van der Waals surface area contributed by atoms with Crippen molar-refractivity contribution in [3.63, 3.8) is 0 Å². The SMILES string of the molecule is CN(CCN)c1cc(Cl)cc(Cl)c1. The second-order valence-electron chi connectivity index (χ2n) is 2.84. The van der Waals surface area contributed by atoms with Gasteiger partial charge >= 0.3 is 0 Å². The highest BCUT2D eigenvalue weighted by atomic mass is 35.5. The molecule has 1 aromatic rings. The molecule has 0 aliphatic rings. The molecule has 0 aromatic heterocycles. The Hall–Kier alpha value is -0.440. The van der Waals surface area contributed by atoms with E-state index in [1.54, 1.807) is 6.07 Å². The number of nitrogens with two attached hydrogens (primary N) is 1. The number of benzene rings is 1. The summed E-state index contributed by atoms with van der Waals surface area (Å²) in [5, 5.41) is 1.29. The third-order valence-electron chi connectivity index (χ3n) is 1.75. The Labute approximate surface area is 88.2 Å². The monoisotopic (exact) mass is 218 g/mol. The highest BCUT2D eigenvalue weighted by Gasteiger charge is 2.02. The quantitative estimate of drug-likeness (QED) is 0.845. The van der Waals surface area contributed by atoms with Gasteiger partial charge < -0.3 is 10.6 Å². The molecule has 0 radical (unpaired) electrons. The van der Waals surface area contributed by atoms with Crippen molar-refractivity contribution in [1.29, 1.82) is 0 Å². The van der Waals surface area contributed by atoms with Gasteiger partial charge in [0.1, 0.15) is 0 Å². The smallest absolute Gasteiger partial charge is 0.0441 e. The molecule has 1 aromatic carbocycles. The average Bonchev–Trinajstić information content (AvgIpc) is 2.03. The van der Waals surface area contributed by atoms with Gasteiger partial charge in [-0.2, -0.15) is 0 Å². The van der Waals surface area contributed by atoms with Gasteiger partial charge in [0.05, 0.1) is 0 Å². The van der Waals surface area contributed by atoms with Crippen molar-refractivity contribution < 1.29 is 0 Å². The molecule has 0 fully saturated rings. The van der Waals surface area contributed by atoms with Crippen LogP contribution in [0.1, 0.15) is 0 Å². The topological polar surface area (TPSA) is 29.3 Å². The predicted molar refractivity (Wildman–Crippen MR) is 58.8 cm³/mol. The van der Waals surface area contributed by atoms with E-state index in [1.165, 1.54) is 0 Å². The number of hydrogen-bond acceptors (Lipinski definition) is 2. The Bertz CT molecular complexity index is 269. The van der Waals surface area contributed by atoms with Crippen LogP contribution in [0.3, 0.4) is 0 Å². The normalized spacial score (nSPS) is 10.2. The molecule has 0 spiro atoms. The standard InChI is InChI=1S/C9H12Cl2N2/c1-13(3-2-12)9-5-7(10)4-8(11)6-9/h4-6H,2-3,12H2,1H3. The van der Waals surface area contributed by atoms with E-state index < -0.39 is 0 Å². The van der Waals surface area contributed by atoms with E-state index in [-0.39, 0.29) is 0 Å². The van der Waals surface area contributed by atoms with Gasteiger partial charge in [-0.3, -0.25) is 0 Å². The fraction of sp³-hybridized carbons (Fsp3) is 0.333. The second-order valence-corrected chi connectivity index (χ2v) is 3.71. The first-order valence-electron chi connectivity index (χ1n) is 4.01. The molecule has 4 heteroatoms. The molecular formula is C9H12Cl2N2. The number of halogens is 2. The molecule has 0 aliphatic carbocycles. The van der Waals surface area contributed by atoms with Crippen LogP contribution in [0.5, 0.6) is 0 Å². The van der Waals surface area contributed by atoms with Gasteiger partial charge in [0, 0.05) is 35.9 Å². The number of anilines is 1. The molecule has 0 saturated heterocycles. The lowest BCUT2D eigenvalue weighted by Crippen LogP contribution is -2.24. The average molecular weight is 219 g/mol. The molecule has 0 heterocycles. The lowest BCUT2D eigenvalue weighted by molar-refractivity contribution is 0.886. The van der Waals surface area contributed by atoms with Crippen molar-refractivity contribution in [2.45, 2.75) is 0 Å². The van der Waals surface area contributed by atoms with Gasteiger partial charge in [0.25, 0.3) is 0 Å². The van der Waals surface area contributed by atoms with Crippen molar-refractivity contribution >= 4 is 28.9 Å². The fourth-order valence-corrected chi connectivity index (χ4v) is 1.60. The zero-order valence-electron chi connectivity index (χ0n) is 7.43. The van der Waals surface area contributed by atoms with E-state index in [1.807, 2.05) is 24.1 Å². The molecule has 0 saturated carbocycles. The van der Waals surface area contributed by atoms with E-state index in [9.17, 15) is 0 Å². The van der Waals surface area contributed by atoms with E-state index in [2.05, 4.69) is 0 Å². The summed E-state index contributed by atoms with van der Waals surface area (Å²) in [7, 11) is 1.95. The van der Waals surface area contributed by atoms with Crippen LogP contribution in [0, 0.1) is 0 Å². The van der Waals surface area contributed by atoms with E-state index >= 15 is 0 Å². The molecule has 2 N–H and O–H groups in total. The molecule has 0 unspecified atom stereocenters. The molecule has 0 atom stereocenters. The van der Waals surface area contributed by atoms with Gasteiger partial charge in [-0.1, -0.05) is 23.2 Å². The summed E-state index contributed by atoms with van der Waals surface area (Å²) in [6.07, 6.45) is 0. The van der Waals surface area contributed by atoms with Crippen LogP contribution in [0.25, 0.3) is 0 Å². The molecule has 72 valence electrons. The predicted octanol–water partition coefficient (Wildman–Crippen LogP) is 2.39. The summed E-state index contributed by atoms with van der Waals surface area (Å²) in [6, 6.07) is 5.44. The number of hydrogen-bond donors (Lipinski definition) is 1. The maximum atomic E-state index is 5.85. The number of nitrogens with zero attached hydrogens (tertiary/aromatic N) is 1. The van der Waals surface area contributed by atoms with Crippen molar-refractivity contribution in [2.24, 2.45) is 5.73 Å².